The summed E-state index contributed by atoms with van der Waals surface area (Å²) in [5.74, 6) is 0.553. The Kier molecular flexibility index (Phi) is 6.31. The first-order valence-electron chi connectivity index (χ1n) is 6.77. The fourth-order valence-corrected chi connectivity index (χ4v) is 5.09. The van der Waals surface area contributed by atoms with Gasteiger partial charge in [0.2, 0.25) is 10.0 Å². The minimum Gasteiger partial charge on any atom is -0.398 e. The number of hydrogen-bond acceptors (Lipinski definition) is 4. The third-order valence-electron chi connectivity index (χ3n) is 2.90. The van der Waals surface area contributed by atoms with Crippen molar-refractivity contribution in [3.8, 4) is 0 Å². The molecule has 1 aromatic rings. The quantitative estimate of drug-likeness (QED) is 0.475. The summed E-state index contributed by atoms with van der Waals surface area (Å²) in [6.45, 7) is 9.62. The molecule has 0 saturated heterocycles. The highest BCUT2D eigenvalue weighted by Crippen LogP contribution is 2.25. The van der Waals surface area contributed by atoms with Crippen molar-refractivity contribution in [1.29, 1.82) is 0 Å². The molecule has 0 saturated carbocycles. The maximum Gasteiger partial charge on any atom is 0.215 e. The summed E-state index contributed by atoms with van der Waals surface area (Å²) in [5.41, 5.74) is 6.08. The van der Waals surface area contributed by atoms with Crippen molar-refractivity contribution in [3.05, 3.63) is 36.9 Å². The van der Waals surface area contributed by atoms with Crippen molar-refractivity contribution in [2.24, 2.45) is 0 Å². The van der Waals surface area contributed by atoms with Gasteiger partial charge >= 0.3 is 0 Å². The summed E-state index contributed by atoms with van der Waals surface area (Å²) in [6, 6.07) is 7.47. The van der Waals surface area contributed by atoms with Gasteiger partial charge in [0, 0.05) is 28.4 Å². The summed E-state index contributed by atoms with van der Waals surface area (Å²) in [6.07, 6.45) is 1.62. The van der Waals surface area contributed by atoms with Gasteiger partial charge in [-0.15, -0.1) is 18.3 Å². The van der Waals surface area contributed by atoms with Crippen molar-refractivity contribution >= 4 is 27.5 Å². The van der Waals surface area contributed by atoms with E-state index in [2.05, 4.69) is 6.58 Å². The molecule has 1 aromatic carbocycles. The molecule has 4 nitrogen and oxygen atoms in total. The van der Waals surface area contributed by atoms with Crippen LogP contribution in [0.1, 0.15) is 20.8 Å². The number of thioether (sulfide) groups is 1. The van der Waals surface area contributed by atoms with Gasteiger partial charge in [-0.05, 0) is 32.9 Å². The lowest BCUT2D eigenvalue weighted by Crippen LogP contribution is -2.46. The smallest absolute Gasteiger partial charge is 0.215 e. The van der Waals surface area contributed by atoms with E-state index in [0.717, 1.165) is 4.90 Å². The molecular weight excluding hydrogens is 304 g/mol. The van der Waals surface area contributed by atoms with Crippen molar-refractivity contribution in [3.63, 3.8) is 0 Å². The Morgan fingerprint density at radius 2 is 1.95 bits per heavy atom. The molecule has 6 heteroatoms. The van der Waals surface area contributed by atoms with Crippen molar-refractivity contribution < 1.29 is 8.42 Å². The molecule has 118 valence electrons. The summed E-state index contributed by atoms with van der Waals surface area (Å²) in [4.78, 5) is 0.915. The lowest BCUT2D eigenvalue weighted by Gasteiger charge is -2.33. The first-order chi connectivity index (χ1) is 9.68. The van der Waals surface area contributed by atoms with Crippen LogP contribution in [0.15, 0.2) is 41.8 Å². The molecule has 0 heterocycles. The van der Waals surface area contributed by atoms with Gasteiger partial charge in [0.15, 0.2) is 0 Å². The van der Waals surface area contributed by atoms with Crippen LogP contribution in [0.4, 0.5) is 5.69 Å². The monoisotopic (exact) mass is 328 g/mol. The van der Waals surface area contributed by atoms with Crippen LogP contribution in [0.5, 0.6) is 0 Å². The van der Waals surface area contributed by atoms with Crippen LogP contribution in [0.3, 0.4) is 0 Å². The van der Waals surface area contributed by atoms with Crippen molar-refractivity contribution in [2.45, 2.75) is 31.2 Å². The Hall–Kier alpha value is -0.980. The average molecular weight is 329 g/mol. The lowest BCUT2D eigenvalue weighted by atomic mass is 10.1. The molecule has 0 fully saturated rings. The van der Waals surface area contributed by atoms with E-state index >= 15 is 0 Å². The second-order valence-corrected chi connectivity index (χ2v) is 8.84. The first kappa shape index (κ1) is 18.1. The number of sulfonamides is 1. The Labute approximate surface area is 132 Å². The van der Waals surface area contributed by atoms with E-state index in [-0.39, 0.29) is 5.75 Å². The van der Waals surface area contributed by atoms with Crippen LogP contribution >= 0.6 is 11.8 Å². The highest BCUT2D eigenvalue weighted by atomic mass is 32.2. The van der Waals surface area contributed by atoms with Gasteiger partial charge in [0.05, 0.1) is 5.75 Å². The predicted octanol–water partition coefficient (Wildman–Crippen LogP) is 2.98. The van der Waals surface area contributed by atoms with Gasteiger partial charge in [-0.3, -0.25) is 0 Å². The van der Waals surface area contributed by atoms with Crippen molar-refractivity contribution in [1.82, 2.24) is 4.31 Å². The Balaban J connectivity index is 2.72. The zero-order chi connectivity index (χ0) is 16.1. The number of nitrogens with two attached hydrogens (primary N) is 1. The standard InChI is InChI=1S/C15H24N2O2S2/c1-5-10-17(15(2,3)4)21(18,19)12-11-20-14-9-7-6-8-13(14)16/h5-9H,1,10-12,16H2,2-4H3. The topological polar surface area (TPSA) is 63.4 Å². The number of para-hydroxylation sites is 1. The van der Waals surface area contributed by atoms with Crippen LogP contribution in [0.25, 0.3) is 0 Å². The van der Waals surface area contributed by atoms with E-state index in [1.807, 2.05) is 45.0 Å². The highest BCUT2D eigenvalue weighted by molar-refractivity contribution is 8.00. The molecule has 21 heavy (non-hydrogen) atoms. The van der Waals surface area contributed by atoms with E-state index in [1.165, 1.54) is 16.1 Å². The zero-order valence-corrected chi connectivity index (χ0v) is 14.5. The Morgan fingerprint density at radius 1 is 1.33 bits per heavy atom. The summed E-state index contributed by atoms with van der Waals surface area (Å²) in [7, 11) is -3.32. The number of anilines is 1. The third-order valence-corrected chi connectivity index (χ3v) is 6.33. The molecule has 1 rings (SSSR count). The number of hydrogen-bond donors (Lipinski definition) is 1. The van der Waals surface area contributed by atoms with E-state index in [1.54, 1.807) is 6.08 Å². The highest BCUT2D eigenvalue weighted by Gasteiger charge is 2.31. The number of nitrogen functional groups attached to an aromatic ring is 1. The number of nitrogens with zero attached hydrogens (tertiary/aromatic N) is 1. The largest absolute Gasteiger partial charge is 0.398 e. The van der Waals surface area contributed by atoms with Crippen molar-refractivity contribution in [2.75, 3.05) is 23.8 Å². The Bertz CT molecular complexity index is 578. The molecule has 2 N–H and O–H groups in total. The second-order valence-electron chi connectivity index (χ2n) is 5.69. The van der Waals surface area contributed by atoms with Gasteiger partial charge in [0.1, 0.15) is 0 Å². The molecule has 0 radical (unpaired) electrons. The van der Waals surface area contributed by atoms with Crippen LogP contribution in [0.2, 0.25) is 0 Å². The fourth-order valence-electron chi connectivity index (χ4n) is 1.90. The summed E-state index contributed by atoms with van der Waals surface area (Å²) in [5, 5.41) is 0. The van der Waals surface area contributed by atoms with E-state index < -0.39 is 15.6 Å². The maximum absolute atomic E-state index is 12.5. The van der Waals surface area contributed by atoms with Gasteiger partial charge in [-0.2, -0.15) is 4.31 Å². The van der Waals surface area contributed by atoms with Crippen LogP contribution in [-0.4, -0.2) is 36.3 Å². The van der Waals surface area contributed by atoms with Gasteiger partial charge in [-0.1, -0.05) is 18.2 Å². The first-order valence-corrected chi connectivity index (χ1v) is 9.36. The average Bonchev–Trinajstić information content (AvgIpc) is 2.36. The van der Waals surface area contributed by atoms with E-state index in [0.29, 0.717) is 18.0 Å². The van der Waals surface area contributed by atoms with E-state index in [9.17, 15) is 8.42 Å². The minimum absolute atomic E-state index is 0.0805. The van der Waals surface area contributed by atoms with Gasteiger partial charge < -0.3 is 5.73 Å². The number of benzene rings is 1. The molecular formula is C15H24N2O2S2. The normalized spacial score (nSPS) is 12.6. The molecule has 0 bridgehead atoms. The third kappa shape index (κ3) is 5.37. The predicted molar refractivity (Wildman–Crippen MR) is 92.0 cm³/mol. The molecule has 0 atom stereocenters. The molecule has 0 aromatic heterocycles. The molecule has 0 unspecified atom stereocenters. The van der Waals surface area contributed by atoms with Crippen LogP contribution < -0.4 is 5.73 Å². The number of rotatable bonds is 7. The Morgan fingerprint density at radius 3 is 2.48 bits per heavy atom. The summed E-state index contributed by atoms with van der Waals surface area (Å²) < 4.78 is 26.4. The zero-order valence-electron chi connectivity index (χ0n) is 12.9. The maximum atomic E-state index is 12.5. The second kappa shape index (κ2) is 7.33. The molecule has 0 aliphatic rings. The van der Waals surface area contributed by atoms with E-state index in [4.69, 9.17) is 5.73 Å². The van der Waals surface area contributed by atoms with Gasteiger partial charge in [0.25, 0.3) is 0 Å². The molecule has 0 spiro atoms. The molecule has 0 aliphatic heterocycles. The van der Waals surface area contributed by atoms with Gasteiger partial charge in [-0.25, -0.2) is 8.42 Å². The van der Waals surface area contributed by atoms with Crippen LogP contribution in [0, 0.1) is 0 Å². The minimum atomic E-state index is -3.32. The summed E-state index contributed by atoms with van der Waals surface area (Å²) >= 11 is 1.46. The van der Waals surface area contributed by atoms with Crippen LogP contribution in [-0.2, 0) is 10.0 Å². The fraction of sp³-hybridized carbons (Fsp3) is 0.467. The SMILES string of the molecule is C=CCN(C(C)(C)C)S(=O)(=O)CCSc1ccccc1N. The molecule has 0 amide bonds. The lowest BCUT2D eigenvalue weighted by molar-refractivity contribution is 0.270. The molecule has 0 aliphatic carbocycles.